The van der Waals surface area contributed by atoms with Crippen molar-refractivity contribution in [1.29, 1.82) is 0 Å². The summed E-state index contributed by atoms with van der Waals surface area (Å²) in [6, 6.07) is 2.13. The van der Waals surface area contributed by atoms with Crippen LogP contribution in [0.4, 0.5) is 8.78 Å². The number of halogens is 3. The highest BCUT2D eigenvalue weighted by atomic mass is 35.5. The van der Waals surface area contributed by atoms with Crippen LogP contribution in [0.3, 0.4) is 0 Å². The first-order valence-corrected chi connectivity index (χ1v) is 5.37. The van der Waals surface area contributed by atoms with Gasteiger partial charge in [0.25, 0.3) is 0 Å². The quantitative estimate of drug-likeness (QED) is 0.635. The molecule has 0 bridgehead atoms. The zero-order valence-electron chi connectivity index (χ0n) is 9.36. The van der Waals surface area contributed by atoms with Crippen molar-refractivity contribution in [2.45, 2.75) is 6.54 Å². The second-order valence-corrected chi connectivity index (χ2v) is 4.24. The van der Waals surface area contributed by atoms with E-state index in [2.05, 4.69) is 5.32 Å². The van der Waals surface area contributed by atoms with E-state index in [0.29, 0.717) is 12.1 Å². The number of hydrogen-bond donors (Lipinski definition) is 1. The largest absolute Gasteiger partial charge is 0.311 e. The van der Waals surface area contributed by atoms with Crippen LogP contribution in [0.15, 0.2) is 12.1 Å². The summed E-state index contributed by atoms with van der Waals surface area (Å²) in [6.45, 7) is 1.86. The number of hydrogen-bond acceptors (Lipinski definition) is 2. The van der Waals surface area contributed by atoms with Crippen LogP contribution in [0.5, 0.6) is 0 Å². The zero-order valence-corrected chi connectivity index (χ0v) is 10.1. The van der Waals surface area contributed by atoms with Gasteiger partial charge in [0, 0.05) is 25.2 Å². The molecule has 16 heavy (non-hydrogen) atoms. The van der Waals surface area contributed by atoms with E-state index in [0.717, 1.165) is 25.2 Å². The van der Waals surface area contributed by atoms with Crippen LogP contribution in [0.1, 0.15) is 5.56 Å². The number of rotatable bonds is 5. The van der Waals surface area contributed by atoms with Gasteiger partial charge in [0.2, 0.25) is 0 Å². The van der Waals surface area contributed by atoms with Crippen molar-refractivity contribution in [2.24, 2.45) is 0 Å². The lowest BCUT2D eigenvalue weighted by Crippen LogP contribution is -2.26. The van der Waals surface area contributed by atoms with E-state index in [1.165, 1.54) is 0 Å². The second kappa shape index (κ2) is 6.13. The van der Waals surface area contributed by atoms with Crippen molar-refractivity contribution in [3.8, 4) is 0 Å². The van der Waals surface area contributed by atoms with Gasteiger partial charge in [0.05, 0.1) is 5.02 Å². The van der Waals surface area contributed by atoms with Crippen LogP contribution in [0.2, 0.25) is 5.02 Å². The van der Waals surface area contributed by atoms with Gasteiger partial charge in [-0.15, -0.1) is 0 Å². The molecule has 90 valence electrons. The molecule has 1 N–H and O–H groups in total. The predicted molar refractivity (Wildman–Crippen MR) is 61.6 cm³/mol. The molecule has 0 fully saturated rings. The molecule has 2 nitrogen and oxygen atoms in total. The van der Waals surface area contributed by atoms with E-state index < -0.39 is 11.6 Å². The van der Waals surface area contributed by atoms with Crippen molar-refractivity contribution in [3.63, 3.8) is 0 Å². The minimum Gasteiger partial charge on any atom is -0.311 e. The smallest absolute Gasteiger partial charge is 0.142 e. The van der Waals surface area contributed by atoms with Crippen LogP contribution in [-0.2, 0) is 6.54 Å². The molecule has 1 aromatic carbocycles. The summed E-state index contributed by atoms with van der Waals surface area (Å²) in [5.41, 5.74) is 0.292. The Balaban J connectivity index is 2.51. The Morgan fingerprint density at radius 1 is 1.25 bits per heavy atom. The van der Waals surface area contributed by atoms with Gasteiger partial charge < -0.3 is 10.2 Å². The van der Waals surface area contributed by atoms with E-state index >= 15 is 0 Å². The lowest BCUT2D eigenvalue weighted by molar-refractivity contribution is 0.399. The van der Waals surface area contributed by atoms with Crippen molar-refractivity contribution in [1.82, 2.24) is 10.2 Å². The Labute approximate surface area is 99.2 Å². The van der Waals surface area contributed by atoms with Crippen LogP contribution in [-0.4, -0.2) is 32.1 Å². The van der Waals surface area contributed by atoms with Crippen molar-refractivity contribution in [3.05, 3.63) is 34.4 Å². The number of nitrogens with zero attached hydrogens (tertiary/aromatic N) is 1. The molecule has 0 radical (unpaired) electrons. The van der Waals surface area contributed by atoms with Crippen LogP contribution in [0.25, 0.3) is 0 Å². The van der Waals surface area contributed by atoms with Crippen LogP contribution >= 0.6 is 11.6 Å². The Hall–Kier alpha value is -0.710. The summed E-state index contributed by atoms with van der Waals surface area (Å²) in [5, 5.41) is 2.84. The summed E-state index contributed by atoms with van der Waals surface area (Å²) in [7, 11) is 3.90. The SMILES string of the molecule is CN(C)CCNCc1cc(F)c(Cl)cc1F. The molecule has 0 aliphatic rings. The molecule has 0 unspecified atom stereocenters. The third kappa shape index (κ3) is 4.04. The molecule has 5 heteroatoms. The van der Waals surface area contributed by atoms with Gasteiger partial charge in [-0.05, 0) is 26.2 Å². The normalized spacial score (nSPS) is 11.1. The first kappa shape index (κ1) is 13.4. The second-order valence-electron chi connectivity index (χ2n) is 3.84. The minimum atomic E-state index is -0.590. The molecule has 0 aromatic heterocycles. The van der Waals surface area contributed by atoms with E-state index in [1.807, 2.05) is 19.0 Å². The first-order chi connectivity index (χ1) is 7.50. The van der Waals surface area contributed by atoms with Gasteiger partial charge in [-0.1, -0.05) is 11.6 Å². The van der Waals surface area contributed by atoms with Gasteiger partial charge in [0.15, 0.2) is 0 Å². The fourth-order valence-corrected chi connectivity index (χ4v) is 1.38. The first-order valence-electron chi connectivity index (χ1n) is 4.99. The fraction of sp³-hybridized carbons (Fsp3) is 0.455. The van der Waals surface area contributed by atoms with Gasteiger partial charge in [-0.3, -0.25) is 0 Å². The third-order valence-electron chi connectivity index (χ3n) is 2.14. The minimum absolute atomic E-state index is 0.186. The molecule has 0 saturated carbocycles. The van der Waals surface area contributed by atoms with Crippen molar-refractivity contribution < 1.29 is 8.78 Å². The molecule has 0 atom stereocenters. The predicted octanol–water partition coefficient (Wildman–Crippen LogP) is 2.27. The molecule has 0 aliphatic heterocycles. The zero-order chi connectivity index (χ0) is 12.1. The Kier molecular flexibility index (Phi) is 5.12. The van der Waals surface area contributed by atoms with Crippen LogP contribution in [0, 0.1) is 11.6 Å². The molecule has 0 amide bonds. The summed E-state index contributed by atoms with van der Waals surface area (Å²) in [4.78, 5) is 2.01. The fourth-order valence-electron chi connectivity index (χ4n) is 1.22. The van der Waals surface area contributed by atoms with E-state index in [9.17, 15) is 8.78 Å². The lowest BCUT2D eigenvalue weighted by atomic mass is 10.2. The highest BCUT2D eigenvalue weighted by molar-refractivity contribution is 6.30. The average molecular weight is 249 g/mol. The lowest BCUT2D eigenvalue weighted by Gasteiger charge is -2.11. The maximum absolute atomic E-state index is 13.3. The van der Waals surface area contributed by atoms with Crippen molar-refractivity contribution in [2.75, 3.05) is 27.2 Å². The maximum atomic E-state index is 13.3. The standard InChI is InChI=1S/C11H15ClF2N2/c1-16(2)4-3-15-7-8-5-11(14)9(12)6-10(8)13/h5-6,15H,3-4,7H2,1-2H3. The molecular weight excluding hydrogens is 234 g/mol. The monoisotopic (exact) mass is 248 g/mol. The molecule has 0 spiro atoms. The summed E-state index contributed by atoms with van der Waals surface area (Å²) in [5.74, 6) is -1.07. The average Bonchev–Trinajstić information content (AvgIpc) is 2.19. The van der Waals surface area contributed by atoms with Gasteiger partial charge in [-0.2, -0.15) is 0 Å². The molecule has 0 saturated heterocycles. The van der Waals surface area contributed by atoms with E-state index in [4.69, 9.17) is 11.6 Å². The highest BCUT2D eigenvalue weighted by Crippen LogP contribution is 2.18. The van der Waals surface area contributed by atoms with E-state index in [-0.39, 0.29) is 5.02 Å². The number of benzene rings is 1. The van der Waals surface area contributed by atoms with Crippen LogP contribution < -0.4 is 5.32 Å². The molecule has 1 rings (SSSR count). The van der Waals surface area contributed by atoms with Gasteiger partial charge in [-0.25, -0.2) is 8.78 Å². The molecule has 0 aliphatic carbocycles. The summed E-state index contributed by atoms with van der Waals surface area (Å²) >= 11 is 5.45. The highest BCUT2D eigenvalue weighted by Gasteiger charge is 2.07. The maximum Gasteiger partial charge on any atom is 0.142 e. The molecule has 1 aromatic rings. The third-order valence-corrected chi connectivity index (χ3v) is 2.43. The summed E-state index contributed by atoms with van der Waals surface area (Å²) < 4.78 is 26.4. The van der Waals surface area contributed by atoms with Gasteiger partial charge >= 0.3 is 0 Å². The van der Waals surface area contributed by atoms with Gasteiger partial charge in [0.1, 0.15) is 11.6 Å². The number of likely N-dealkylation sites (N-methyl/N-ethyl adjacent to an activating group) is 1. The topological polar surface area (TPSA) is 15.3 Å². The number of nitrogens with one attached hydrogen (secondary N) is 1. The Morgan fingerprint density at radius 3 is 2.56 bits per heavy atom. The summed E-state index contributed by atoms with van der Waals surface area (Å²) in [6.07, 6.45) is 0. The van der Waals surface area contributed by atoms with E-state index in [1.54, 1.807) is 0 Å². The molecule has 0 heterocycles. The Morgan fingerprint density at radius 2 is 1.94 bits per heavy atom. The van der Waals surface area contributed by atoms with Crippen molar-refractivity contribution >= 4 is 11.6 Å². The Bertz CT molecular complexity index is 356. The molecular formula is C11H15ClF2N2.